The minimum atomic E-state index is -3.18. The zero-order valence-electron chi connectivity index (χ0n) is 12.8. The number of hydrogen-bond donors (Lipinski definition) is 1. The van der Waals surface area contributed by atoms with E-state index in [-0.39, 0.29) is 24.6 Å². The van der Waals surface area contributed by atoms with Gasteiger partial charge in [0.1, 0.15) is 5.75 Å². The van der Waals surface area contributed by atoms with E-state index < -0.39 is 22.5 Å². The van der Waals surface area contributed by atoms with Gasteiger partial charge in [-0.3, -0.25) is 4.79 Å². The van der Waals surface area contributed by atoms with Gasteiger partial charge in [0.25, 0.3) is 0 Å². The molecule has 1 aromatic carbocycles. The number of carbonyl (C=O) groups is 1. The first kappa shape index (κ1) is 18.3. The van der Waals surface area contributed by atoms with Crippen LogP contribution in [0.15, 0.2) is 30.3 Å². The van der Waals surface area contributed by atoms with E-state index in [0.29, 0.717) is 18.5 Å². The molecule has 1 aliphatic heterocycles. The lowest BCUT2D eigenvalue weighted by Gasteiger charge is -2.13. The Kier molecular flexibility index (Phi) is 6.27. The van der Waals surface area contributed by atoms with Gasteiger partial charge in [-0.25, -0.2) is 12.7 Å². The number of alkyl halides is 2. The second kappa shape index (κ2) is 8.20. The van der Waals surface area contributed by atoms with E-state index in [4.69, 9.17) is 0 Å². The maximum Gasteiger partial charge on any atom is 0.387 e. The maximum atomic E-state index is 12.3. The smallest absolute Gasteiger partial charge is 0.387 e. The first-order valence-corrected chi connectivity index (χ1v) is 8.97. The van der Waals surface area contributed by atoms with E-state index in [9.17, 15) is 22.0 Å². The van der Waals surface area contributed by atoms with Crippen molar-refractivity contribution in [1.82, 2.24) is 9.62 Å². The summed E-state index contributed by atoms with van der Waals surface area (Å²) in [6, 6.07) is 6.10. The number of ether oxygens (including phenoxy) is 1. The Labute approximate surface area is 139 Å². The van der Waals surface area contributed by atoms with Crippen LogP contribution in [-0.4, -0.2) is 50.6 Å². The lowest BCUT2D eigenvalue weighted by Crippen LogP contribution is -2.35. The lowest BCUT2D eigenvalue weighted by molar-refractivity contribution is -0.116. The fourth-order valence-corrected chi connectivity index (χ4v) is 3.82. The zero-order chi connectivity index (χ0) is 17.6. The molecular formula is C15H18F2N2O4S. The molecule has 0 saturated carbocycles. The summed E-state index contributed by atoms with van der Waals surface area (Å²) in [7, 11) is -3.18. The van der Waals surface area contributed by atoms with E-state index in [1.54, 1.807) is 12.1 Å². The second-order valence-electron chi connectivity index (χ2n) is 5.11. The monoisotopic (exact) mass is 360 g/mol. The van der Waals surface area contributed by atoms with Crippen molar-refractivity contribution in [2.24, 2.45) is 0 Å². The fraction of sp³-hybridized carbons (Fsp3) is 0.400. The Morgan fingerprint density at radius 1 is 1.38 bits per heavy atom. The van der Waals surface area contributed by atoms with Crippen LogP contribution >= 0.6 is 0 Å². The van der Waals surface area contributed by atoms with Gasteiger partial charge in [0.15, 0.2) is 0 Å². The molecule has 9 heteroatoms. The third-order valence-electron chi connectivity index (χ3n) is 3.41. The summed E-state index contributed by atoms with van der Waals surface area (Å²) in [5.41, 5.74) is 0.343. The first-order chi connectivity index (χ1) is 11.4. The minimum absolute atomic E-state index is 0.0280. The van der Waals surface area contributed by atoms with Gasteiger partial charge in [-0.1, -0.05) is 18.2 Å². The quantitative estimate of drug-likeness (QED) is 0.747. The number of amides is 1. The molecule has 0 aliphatic carbocycles. The molecule has 1 aromatic rings. The normalized spacial score (nSPS) is 17.5. The van der Waals surface area contributed by atoms with Crippen LogP contribution in [0.25, 0.3) is 6.08 Å². The van der Waals surface area contributed by atoms with Gasteiger partial charge in [0, 0.05) is 31.3 Å². The molecular weight excluding hydrogens is 342 g/mol. The van der Waals surface area contributed by atoms with Gasteiger partial charge < -0.3 is 10.1 Å². The Hall–Kier alpha value is -2.00. The van der Waals surface area contributed by atoms with Gasteiger partial charge >= 0.3 is 6.61 Å². The molecule has 0 aromatic heterocycles. The highest BCUT2D eigenvalue weighted by Crippen LogP contribution is 2.21. The third kappa shape index (κ3) is 5.27. The van der Waals surface area contributed by atoms with Gasteiger partial charge in [-0.05, 0) is 18.6 Å². The lowest BCUT2D eigenvalue weighted by atomic mass is 10.2. The number of hydrogen-bond acceptors (Lipinski definition) is 4. The standard InChI is InChI=1S/C15H18F2N2O4S/c16-15(17)23-13-5-2-1-4-12(13)6-7-14(20)18-8-10-19-9-3-11-24(19,21)22/h1-2,4-7,15H,3,8-11H2,(H,18,20)/b7-6+. The number of para-hydroxylation sites is 1. The van der Waals surface area contributed by atoms with E-state index in [1.807, 2.05) is 0 Å². The summed E-state index contributed by atoms with van der Waals surface area (Å²) >= 11 is 0. The van der Waals surface area contributed by atoms with Crippen molar-refractivity contribution in [3.63, 3.8) is 0 Å². The molecule has 132 valence electrons. The Balaban J connectivity index is 1.85. The molecule has 1 amide bonds. The molecule has 0 spiro atoms. The molecule has 0 unspecified atom stereocenters. The molecule has 0 bridgehead atoms. The van der Waals surface area contributed by atoms with Crippen molar-refractivity contribution in [1.29, 1.82) is 0 Å². The predicted molar refractivity (Wildman–Crippen MR) is 85.1 cm³/mol. The number of carbonyl (C=O) groups excluding carboxylic acids is 1. The van der Waals surface area contributed by atoms with Crippen LogP contribution in [0, 0.1) is 0 Å². The molecule has 2 rings (SSSR count). The van der Waals surface area contributed by atoms with Crippen molar-refractivity contribution < 1.29 is 26.7 Å². The van der Waals surface area contributed by atoms with Crippen LogP contribution in [0.3, 0.4) is 0 Å². The first-order valence-electron chi connectivity index (χ1n) is 7.36. The van der Waals surface area contributed by atoms with Crippen LogP contribution in [0.2, 0.25) is 0 Å². The SMILES string of the molecule is O=C(/C=C/c1ccccc1OC(F)F)NCCN1CCCS1(=O)=O. The van der Waals surface area contributed by atoms with Crippen LogP contribution in [0.5, 0.6) is 5.75 Å². The van der Waals surface area contributed by atoms with Crippen molar-refractivity contribution in [3.05, 3.63) is 35.9 Å². The highest BCUT2D eigenvalue weighted by Gasteiger charge is 2.27. The number of halogens is 2. The van der Waals surface area contributed by atoms with Crippen LogP contribution < -0.4 is 10.1 Å². The van der Waals surface area contributed by atoms with Crippen molar-refractivity contribution in [3.8, 4) is 5.75 Å². The topological polar surface area (TPSA) is 75.7 Å². The van der Waals surface area contributed by atoms with Crippen LogP contribution in [0.1, 0.15) is 12.0 Å². The molecule has 1 fully saturated rings. The summed E-state index contributed by atoms with van der Waals surface area (Å²) in [6.07, 6.45) is 3.14. The Morgan fingerprint density at radius 2 is 2.12 bits per heavy atom. The summed E-state index contributed by atoms with van der Waals surface area (Å²) in [4.78, 5) is 11.7. The van der Waals surface area contributed by atoms with Crippen molar-refractivity contribution in [2.75, 3.05) is 25.4 Å². The summed E-state index contributed by atoms with van der Waals surface area (Å²) in [5, 5.41) is 2.56. The van der Waals surface area contributed by atoms with Gasteiger partial charge in [-0.15, -0.1) is 0 Å². The number of benzene rings is 1. The molecule has 24 heavy (non-hydrogen) atoms. The number of nitrogens with one attached hydrogen (secondary N) is 1. The number of nitrogens with zero attached hydrogens (tertiary/aromatic N) is 1. The average molecular weight is 360 g/mol. The molecule has 0 atom stereocenters. The summed E-state index contributed by atoms with van der Waals surface area (Å²) < 4.78 is 53.5. The average Bonchev–Trinajstić information content (AvgIpc) is 2.85. The molecule has 0 radical (unpaired) electrons. The largest absolute Gasteiger partial charge is 0.434 e. The van der Waals surface area contributed by atoms with Crippen LogP contribution in [-0.2, 0) is 14.8 Å². The van der Waals surface area contributed by atoms with Gasteiger partial charge in [0.05, 0.1) is 5.75 Å². The summed E-state index contributed by atoms with van der Waals surface area (Å²) in [6.45, 7) is -2.09. The number of rotatable bonds is 7. The Morgan fingerprint density at radius 3 is 2.79 bits per heavy atom. The van der Waals surface area contributed by atoms with Crippen LogP contribution in [0.4, 0.5) is 8.78 Å². The highest BCUT2D eigenvalue weighted by atomic mass is 32.2. The fourth-order valence-electron chi connectivity index (χ4n) is 2.29. The summed E-state index contributed by atoms with van der Waals surface area (Å²) in [5.74, 6) is -0.333. The Bertz CT molecular complexity index is 707. The van der Waals surface area contributed by atoms with E-state index in [2.05, 4.69) is 10.1 Å². The predicted octanol–water partition coefficient (Wildman–Crippen LogP) is 1.45. The van der Waals surface area contributed by atoms with E-state index in [1.165, 1.54) is 28.6 Å². The highest BCUT2D eigenvalue weighted by molar-refractivity contribution is 7.89. The number of sulfonamides is 1. The third-order valence-corrected chi connectivity index (χ3v) is 5.37. The van der Waals surface area contributed by atoms with E-state index >= 15 is 0 Å². The van der Waals surface area contributed by atoms with Crippen molar-refractivity contribution in [2.45, 2.75) is 13.0 Å². The molecule has 1 N–H and O–H groups in total. The van der Waals surface area contributed by atoms with Gasteiger partial charge in [0.2, 0.25) is 15.9 Å². The van der Waals surface area contributed by atoms with Gasteiger partial charge in [-0.2, -0.15) is 8.78 Å². The second-order valence-corrected chi connectivity index (χ2v) is 7.20. The zero-order valence-corrected chi connectivity index (χ0v) is 13.6. The van der Waals surface area contributed by atoms with E-state index in [0.717, 1.165) is 0 Å². The van der Waals surface area contributed by atoms with Crippen molar-refractivity contribution >= 4 is 22.0 Å². The maximum absolute atomic E-state index is 12.3. The minimum Gasteiger partial charge on any atom is -0.434 e. The molecule has 1 aliphatic rings. The molecule has 6 nitrogen and oxygen atoms in total. The molecule has 1 heterocycles. The molecule has 1 saturated heterocycles.